The number of carbonyl (C=O) groups excluding carboxylic acids is 1. The number of halogens is 2. The first-order valence-corrected chi connectivity index (χ1v) is 10.5. The number of anilines is 2. The van der Waals surface area contributed by atoms with Crippen molar-refractivity contribution in [3.05, 3.63) is 40.9 Å². The van der Waals surface area contributed by atoms with E-state index in [2.05, 4.69) is 20.3 Å². The maximum Gasteiger partial charge on any atom is 0.229 e. The number of fused-ring (bicyclic) bond motifs is 2. The lowest BCUT2D eigenvalue weighted by molar-refractivity contribution is -0.132. The molecule has 31 heavy (non-hydrogen) atoms. The second-order valence-corrected chi connectivity index (χ2v) is 8.81. The van der Waals surface area contributed by atoms with Gasteiger partial charge < -0.3 is 25.0 Å². The normalized spacial score (nSPS) is 29.1. The minimum absolute atomic E-state index is 0.0134. The van der Waals surface area contributed by atoms with Gasteiger partial charge in [0.25, 0.3) is 0 Å². The Labute approximate surface area is 187 Å². The van der Waals surface area contributed by atoms with Crippen LogP contribution in [-0.2, 0) is 4.79 Å². The molecule has 2 saturated carbocycles. The van der Waals surface area contributed by atoms with Gasteiger partial charge in [0.1, 0.15) is 6.10 Å². The molecule has 162 valence electrons. The van der Waals surface area contributed by atoms with Crippen LogP contribution in [0.15, 0.2) is 30.6 Å². The van der Waals surface area contributed by atoms with Crippen LogP contribution in [0, 0.1) is 11.3 Å². The van der Waals surface area contributed by atoms with Gasteiger partial charge in [0.05, 0.1) is 23.9 Å². The molecule has 1 aromatic carbocycles. The number of aromatic nitrogens is 4. The summed E-state index contributed by atoms with van der Waals surface area (Å²) >= 11 is 12.4. The van der Waals surface area contributed by atoms with Gasteiger partial charge in [0, 0.05) is 30.7 Å². The quantitative estimate of drug-likeness (QED) is 0.507. The summed E-state index contributed by atoms with van der Waals surface area (Å²) < 4.78 is 1.69. The van der Waals surface area contributed by atoms with Gasteiger partial charge in [-0.15, -0.1) is 0 Å². The number of hydrogen-bond acceptors (Lipinski definition) is 7. The van der Waals surface area contributed by atoms with Gasteiger partial charge in [-0.3, -0.25) is 4.79 Å². The number of benzene rings is 1. The Kier molecular flexibility index (Phi) is 4.63. The molecule has 0 aliphatic heterocycles. The van der Waals surface area contributed by atoms with E-state index in [1.165, 1.54) is 7.05 Å². The molecule has 0 bridgehead atoms. The molecule has 3 N–H and O–H groups in total. The summed E-state index contributed by atoms with van der Waals surface area (Å²) in [6, 6.07) is 6.71. The van der Waals surface area contributed by atoms with Crippen LogP contribution in [0.1, 0.15) is 12.5 Å². The summed E-state index contributed by atoms with van der Waals surface area (Å²) in [5, 5.41) is 24.6. The molecule has 2 fully saturated rings. The average molecular weight is 463 g/mol. The fourth-order valence-corrected chi connectivity index (χ4v) is 5.27. The first-order chi connectivity index (χ1) is 14.8. The van der Waals surface area contributed by atoms with Crippen LogP contribution in [0.2, 0.25) is 10.3 Å². The van der Waals surface area contributed by atoms with E-state index in [0.29, 0.717) is 28.4 Å². The molecule has 1 amide bonds. The van der Waals surface area contributed by atoms with Crippen LogP contribution in [0.3, 0.4) is 0 Å². The molecule has 0 radical (unpaired) electrons. The number of imidazole rings is 1. The molecule has 2 aromatic heterocycles. The molecular weight excluding hydrogens is 443 g/mol. The lowest BCUT2D eigenvalue weighted by Gasteiger charge is -2.24. The summed E-state index contributed by atoms with van der Waals surface area (Å²) in [5.74, 6) is -0.0416. The van der Waals surface area contributed by atoms with Crippen LogP contribution in [0.5, 0.6) is 0 Å². The topological polar surface area (TPSA) is 116 Å². The van der Waals surface area contributed by atoms with Gasteiger partial charge in [-0.1, -0.05) is 17.7 Å². The number of hydrogen-bond donors (Lipinski definition) is 3. The number of nitrogens with zero attached hydrogens (tertiary/aromatic N) is 5. The molecule has 0 saturated heterocycles. The summed E-state index contributed by atoms with van der Waals surface area (Å²) in [4.78, 5) is 27.4. The molecule has 2 aliphatic carbocycles. The predicted octanol–water partition coefficient (Wildman–Crippen LogP) is 1.93. The molecular formula is C20H20Cl2N6O3. The van der Waals surface area contributed by atoms with Crippen molar-refractivity contribution >= 4 is 51.8 Å². The predicted molar refractivity (Wildman–Crippen MR) is 116 cm³/mol. The number of carbonyl (C=O) groups is 1. The van der Waals surface area contributed by atoms with Crippen LogP contribution in [-0.4, -0.2) is 61.9 Å². The van der Waals surface area contributed by atoms with E-state index in [4.69, 9.17) is 23.2 Å². The summed E-state index contributed by atoms with van der Waals surface area (Å²) in [5.41, 5.74) is 0.689. The summed E-state index contributed by atoms with van der Waals surface area (Å²) in [7, 11) is 3.34. The van der Waals surface area contributed by atoms with Gasteiger partial charge >= 0.3 is 0 Å². The monoisotopic (exact) mass is 462 g/mol. The smallest absolute Gasteiger partial charge is 0.229 e. The number of aliphatic hydroxyl groups excluding tert-OH is 2. The van der Waals surface area contributed by atoms with E-state index >= 15 is 0 Å². The highest BCUT2D eigenvalue weighted by Gasteiger charge is 2.75. The third-order valence-corrected chi connectivity index (χ3v) is 6.94. The molecule has 2 heterocycles. The third-order valence-electron chi connectivity index (χ3n) is 6.53. The minimum atomic E-state index is -1.18. The Hall–Kier alpha value is -2.46. The van der Waals surface area contributed by atoms with Crippen molar-refractivity contribution in [2.75, 3.05) is 19.0 Å². The largest absolute Gasteiger partial charge is 0.389 e. The number of rotatable bonds is 4. The second kappa shape index (κ2) is 7.03. The fourth-order valence-electron chi connectivity index (χ4n) is 4.92. The molecule has 5 atom stereocenters. The highest BCUT2D eigenvalue weighted by Crippen LogP contribution is 2.67. The molecule has 0 spiro atoms. The highest BCUT2D eigenvalue weighted by atomic mass is 35.5. The zero-order valence-corrected chi connectivity index (χ0v) is 18.2. The maximum absolute atomic E-state index is 12.4. The van der Waals surface area contributed by atoms with Crippen LogP contribution in [0.25, 0.3) is 11.2 Å². The highest BCUT2D eigenvalue weighted by molar-refractivity contribution is 6.31. The van der Waals surface area contributed by atoms with E-state index in [1.54, 1.807) is 27.9 Å². The van der Waals surface area contributed by atoms with E-state index in [-0.39, 0.29) is 17.1 Å². The van der Waals surface area contributed by atoms with E-state index < -0.39 is 23.7 Å². The average Bonchev–Trinajstić information content (AvgIpc) is 3.30. The molecule has 0 unspecified atom stereocenters. The van der Waals surface area contributed by atoms with E-state index in [1.807, 2.05) is 19.2 Å². The Bertz CT molecular complexity index is 1200. The fraction of sp³-hybridized carbons (Fsp3) is 0.400. The van der Waals surface area contributed by atoms with Gasteiger partial charge in [-0.25, -0.2) is 4.98 Å². The number of aliphatic hydroxyl groups is 2. The van der Waals surface area contributed by atoms with Crippen molar-refractivity contribution in [2.45, 2.75) is 24.7 Å². The number of nitrogens with one attached hydrogen (secondary N) is 1. The third kappa shape index (κ3) is 2.84. The Morgan fingerprint density at radius 3 is 2.81 bits per heavy atom. The SMILES string of the molecule is CNC(=O)[C@@]12C[C@@H]1[C@@H](n1cnc3c(N(C)c4cccc(Cl)c4)nc(Cl)nc31)[C@H](O)[C@@H]2O. The summed E-state index contributed by atoms with van der Waals surface area (Å²) in [6.45, 7) is 0. The molecule has 9 nitrogen and oxygen atoms in total. The van der Waals surface area contributed by atoms with Crippen molar-refractivity contribution in [3.8, 4) is 0 Å². The van der Waals surface area contributed by atoms with Crippen LogP contribution < -0.4 is 10.2 Å². The lowest BCUT2D eigenvalue weighted by Crippen LogP contribution is -2.41. The second-order valence-electron chi connectivity index (χ2n) is 8.04. The Balaban J connectivity index is 1.60. The molecule has 5 rings (SSSR count). The van der Waals surface area contributed by atoms with Crippen LogP contribution in [0.4, 0.5) is 11.5 Å². The van der Waals surface area contributed by atoms with Gasteiger partial charge in [0.2, 0.25) is 11.2 Å². The summed E-state index contributed by atoms with van der Waals surface area (Å²) in [6.07, 6.45) is -0.296. The molecule has 2 aliphatic rings. The standard InChI is InChI=1S/C20H20Cl2N6O3/c1-23-18(31)20-7-11(20)13(14(29)15(20)30)28-8-24-12-16(25-19(22)26-17(12)28)27(2)10-5-3-4-9(21)6-10/h3-6,8,11,13-15,29-30H,7H2,1-2H3,(H,23,31)/t11-,13-,14+,15+,20+/m1/s1. The maximum atomic E-state index is 12.4. The molecule has 11 heteroatoms. The minimum Gasteiger partial charge on any atom is -0.389 e. The Morgan fingerprint density at radius 1 is 1.32 bits per heavy atom. The zero-order chi connectivity index (χ0) is 22.1. The Morgan fingerprint density at radius 2 is 2.10 bits per heavy atom. The first kappa shape index (κ1) is 20.4. The van der Waals surface area contributed by atoms with E-state index in [9.17, 15) is 15.0 Å². The van der Waals surface area contributed by atoms with Crippen molar-refractivity contribution in [2.24, 2.45) is 11.3 Å². The van der Waals surface area contributed by atoms with Gasteiger partial charge in [0.15, 0.2) is 17.0 Å². The molecule has 3 aromatic rings. The van der Waals surface area contributed by atoms with Crippen LogP contribution >= 0.6 is 23.2 Å². The van der Waals surface area contributed by atoms with Crippen molar-refractivity contribution < 1.29 is 15.0 Å². The zero-order valence-electron chi connectivity index (χ0n) is 16.7. The van der Waals surface area contributed by atoms with E-state index in [0.717, 1.165) is 5.69 Å². The van der Waals surface area contributed by atoms with Gasteiger partial charge in [-0.05, 0) is 36.2 Å². The first-order valence-electron chi connectivity index (χ1n) is 9.77. The van der Waals surface area contributed by atoms with Crippen molar-refractivity contribution in [1.82, 2.24) is 24.8 Å². The number of amides is 1. The van der Waals surface area contributed by atoms with Crippen molar-refractivity contribution in [1.29, 1.82) is 0 Å². The lowest BCUT2D eigenvalue weighted by atomic mass is 9.98. The van der Waals surface area contributed by atoms with Crippen molar-refractivity contribution in [3.63, 3.8) is 0 Å². The van der Waals surface area contributed by atoms with Gasteiger partial charge in [-0.2, -0.15) is 9.97 Å².